The first-order valence-corrected chi connectivity index (χ1v) is 7.87. The van der Waals surface area contributed by atoms with Crippen LogP contribution in [0.4, 0.5) is 0 Å². The molecule has 3 rings (SSSR count). The summed E-state index contributed by atoms with van der Waals surface area (Å²) in [5, 5.41) is 13.8. The summed E-state index contributed by atoms with van der Waals surface area (Å²) in [4.78, 5) is 12.5. The van der Waals surface area contributed by atoms with Crippen molar-refractivity contribution in [2.24, 2.45) is 0 Å². The van der Waals surface area contributed by atoms with E-state index in [9.17, 15) is 10.1 Å². The predicted molar refractivity (Wildman–Crippen MR) is 86.5 cm³/mol. The molecular formula is C17H14Cl2N2O. The zero-order chi connectivity index (χ0) is 15.9. The Kier molecular flexibility index (Phi) is 3.99. The summed E-state index contributed by atoms with van der Waals surface area (Å²) in [6, 6.07) is 7.43. The van der Waals surface area contributed by atoms with Gasteiger partial charge in [0.1, 0.15) is 0 Å². The second-order valence-electron chi connectivity index (χ2n) is 5.54. The minimum absolute atomic E-state index is 0.0880. The van der Waals surface area contributed by atoms with Crippen LogP contribution in [0.5, 0.6) is 0 Å². The lowest BCUT2D eigenvalue weighted by molar-refractivity contribution is -0.116. The minimum atomic E-state index is -0.404. The number of nitriles is 1. The summed E-state index contributed by atoms with van der Waals surface area (Å²) < 4.78 is 0. The zero-order valence-corrected chi connectivity index (χ0v) is 13.6. The van der Waals surface area contributed by atoms with Crippen molar-refractivity contribution in [3.63, 3.8) is 0 Å². The van der Waals surface area contributed by atoms with E-state index in [1.165, 1.54) is 0 Å². The van der Waals surface area contributed by atoms with Gasteiger partial charge >= 0.3 is 0 Å². The van der Waals surface area contributed by atoms with E-state index in [1.807, 2.05) is 6.92 Å². The van der Waals surface area contributed by atoms with E-state index in [2.05, 4.69) is 11.4 Å². The number of carbonyl (C=O) groups is 1. The van der Waals surface area contributed by atoms with E-state index in [-0.39, 0.29) is 5.78 Å². The van der Waals surface area contributed by atoms with Crippen LogP contribution in [0, 0.1) is 11.3 Å². The van der Waals surface area contributed by atoms with Gasteiger partial charge in [-0.05, 0) is 37.5 Å². The number of Topliss-reactive ketones (excluding diaryl/α,β-unsaturated/α-hetero) is 1. The summed E-state index contributed by atoms with van der Waals surface area (Å²) >= 11 is 12.3. The summed E-state index contributed by atoms with van der Waals surface area (Å²) in [5.74, 6) is -0.316. The molecule has 1 aliphatic carbocycles. The number of carbonyl (C=O) groups excluding carboxylic acids is 1. The molecule has 0 saturated carbocycles. The Hall–Kier alpha value is -1.76. The molecule has 1 aliphatic heterocycles. The second-order valence-corrected chi connectivity index (χ2v) is 6.39. The standard InChI is InChI=1S/C17H14Cl2N2O/c1-9-12(8-20)16(11-6-5-10(18)7-13(11)19)17-14(21-9)3-2-4-15(17)22/h5-7,16,21H,2-4H2,1H3. The maximum absolute atomic E-state index is 12.5. The molecule has 0 amide bonds. The third kappa shape index (κ3) is 2.43. The zero-order valence-electron chi connectivity index (χ0n) is 12.0. The normalized spacial score (nSPS) is 21.4. The van der Waals surface area contributed by atoms with Gasteiger partial charge in [-0.3, -0.25) is 4.79 Å². The van der Waals surface area contributed by atoms with Gasteiger partial charge < -0.3 is 5.32 Å². The van der Waals surface area contributed by atoms with Crippen LogP contribution in [0.2, 0.25) is 10.0 Å². The molecule has 1 unspecified atom stereocenters. The van der Waals surface area contributed by atoms with Crippen molar-refractivity contribution in [3.8, 4) is 6.07 Å². The fourth-order valence-electron chi connectivity index (χ4n) is 3.18. The van der Waals surface area contributed by atoms with Crippen molar-refractivity contribution in [1.82, 2.24) is 5.32 Å². The molecule has 0 aromatic heterocycles. The Labute approximate surface area is 139 Å². The average Bonchev–Trinajstić information content (AvgIpc) is 2.46. The van der Waals surface area contributed by atoms with Gasteiger partial charge in [0.05, 0.1) is 17.6 Å². The molecule has 2 aliphatic rings. The molecule has 1 heterocycles. The van der Waals surface area contributed by atoms with E-state index in [0.717, 1.165) is 29.8 Å². The Balaban J connectivity index is 2.22. The number of nitrogens with one attached hydrogen (secondary N) is 1. The molecule has 1 N–H and O–H groups in total. The third-order valence-corrected chi connectivity index (χ3v) is 4.73. The summed E-state index contributed by atoms with van der Waals surface area (Å²) in [7, 11) is 0. The van der Waals surface area contributed by atoms with Crippen LogP contribution >= 0.6 is 23.2 Å². The summed E-state index contributed by atoms with van der Waals surface area (Å²) in [5.41, 5.74) is 3.68. The first-order chi connectivity index (χ1) is 10.5. The van der Waals surface area contributed by atoms with Crippen LogP contribution in [0.15, 0.2) is 40.7 Å². The Morgan fingerprint density at radius 1 is 1.32 bits per heavy atom. The van der Waals surface area contributed by atoms with Crippen molar-refractivity contribution < 1.29 is 4.79 Å². The molecule has 22 heavy (non-hydrogen) atoms. The van der Waals surface area contributed by atoms with Crippen LogP contribution in [-0.4, -0.2) is 5.78 Å². The number of halogens is 2. The second kappa shape index (κ2) is 5.79. The summed E-state index contributed by atoms with van der Waals surface area (Å²) in [6.07, 6.45) is 2.17. The van der Waals surface area contributed by atoms with E-state index >= 15 is 0 Å². The molecule has 0 saturated heterocycles. The maximum atomic E-state index is 12.5. The van der Waals surface area contributed by atoms with Crippen molar-refractivity contribution >= 4 is 29.0 Å². The van der Waals surface area contributed by atoms with Crippen molar-refractivity contribution in [1.29, 1.82) is 5.26 Å². The Bertz CT molecular complexity index is 771. The molecule has 1 atom stereocenters. The van der Waals surface area contributed by atoms with Gasteiger partial charge in [-0.25, -0.2) is 0 Å². The predicted octanol–water partition coefficient (Wildman–Crippen LogP) is 4.48. The van der Waals surface area contributed by atoms with Gasteiger partial charge in [-0.1, -0.05) is 29.3 Å². The number of nitrogens with zero attached hydrogens (tertiary/aromatic N) is 1. The summed E-state index contributed by atoms with van der Waals surface area (Å²) in [6.45, 7) is 1.86. The first kappa shape index (κ1) is 15.1. The molecule has 0 bridgehead atoms. The quantitative estimate of drug-likeness (QED) is 0.824. The average molecular weight is 333 g/mol. The molecule has 3 nitrogen and oxygen atoms in total. The molecule has 5 heteroatoms. The van der Waals surface area contributed by atoms with Crippen molar-refractivity contribution in [2.75, 3.05) is 0 Å². The fourth-order valence-corrected chi connectivity index (χ4v) is 3.70. The monoisotopic (exact) mass is 332 g/mol. The number of hydrogen-bond donors (Lipinski definition) is 1. The molecule has 0 spiro atoms. The van der Waals surface area contributed by atoms with Gasteiger partial charge in [-0.2, -0.15) is 5.26 Å². The highest BCUT2D eigenvalue weighted by Gasteiger charge is 2.36. The SMILES string of the molecule is CC1=C(C#N)C(c2ccc(Cl)cc2Cl)C2=C(CCCC2=O)N1. The lowest BCUT2D eigenvalue weighted by Gasteiger charge is -2.33. The van der Waals surface area contributed by atoms with Crippen LogP contribution < -0.4 is 5.32 Å². The van der Waals surface area contributed by atoms with E-state index in [4.69, 9.17) is 23.2 Å². The van der Waals surface area contributed by atoms with Gasteiger partial charge in [0.25, 0.3) is 0 Å². The number of rotatable bonds is 1. The van der Waals surface area contributed by atoms with Gasteiger partial charge in [0, 0.05) is 33.4 Å². The highest BCUT2D eigenvalue weighted by molar-refractivity contribution is 6.35. The molecule has 112 valence electrons. The third-order valence-electron chi connectivity index (χ3n) is 4.17. The van der Waals surface area contributed by atoms with E-state index in [1.54, 1.807) is 18.2 Å². The maximum Gasteiger partial charge on any atom is 0.161 e. The molecule has 0 radical (unpaired) electrons. The largest absolute Gasteiger partial charge is 0.361 e. The van der Waals surface area contributed by atoms with E-state index < -0.39 is 5.92 Å². The number of benzene rings is 1. The van der Waals surface area contributed by atoms with Crippen LogP contribution in [0.3, 0.4) is 0 Å². The van der Waals surface area contributed by atoms with Gasteiger partial charge in [-0.15, -0.1) is 0 Å². The van der Waals surface area contributed by atoms with Crippen molar-refractivity contribution in [3.05, 3.63) is 56.3 Å². The Morgan fingerprint density at radius 3 is 2.77 bits per heavy atom. The van der Waals surface area contributed by atoms with E-state index in [0.29, 0.717) is 27.6 Å². The molecular weight excluding hydrogens is 319 g/mol. The highest BCUT2D eigenvalue weighted by atomic mass is 35.5. The van der Waals surface area contributed by atoms with Gasteiger partial charge in [0.2, 0.25) is 0 Å². The van der Waals surface area contributed by atoms with Crippen LogP contribution in [-0.2, 0) is 4.79 Å². The lowest BCUT2D eigenvalue weighted by Crippen LogP contribution is -2.31. The van der Waals surface area contributed by atoms with Crippen LogP contribution in [0.25, 0.3) is 0 Å². The smallest absolute Gasteiger partial charge is 0.161 e. The van der Waals surface area contributed by atoms with Crippen LogP contribution in [0.1, 0.15) is 37.7 Å². The molecule has 0 fully saturated rings. The molecule has 1 aromatic rings. The number of allylic oxidation sites excluding steroid dienone is 4. The number of hydrogen-bond acceptors (Lipinski definition) is 3. The molecule has 1 aromatic carbocycles. The number of dihydropyridines is 1. The fraction of sp³-hybridized carbons (Fsp3) is 0.294. The highest BCUT2D eigenvalue weighted by Crippen LogP contribution is 2.44. The minimum Gasteiger partial charge on any atom is -0.361 e. The first-order valence-electron chi connectivity index (χ1n) is 7.12. The van der Waals surface area contributed by atoms with Gasteiger partial charge in [0.15, 0.2) is 5.78 Å². The number of ketones is 1. The lowest BCUT2D eigenvalue weighted by atomic mass is 9.75. The topological polar surface area (TPSA) is 52.9 Å². The Morgan fingerprint density at radius 2 is 2.09 bits per heavy atom. The van der Waals surface area contributed by atoms with Crippen molar-refractivity contribution in [2.45, 2.75) is 32.1 Å².